The molecule has 2 N–H and O–H groups in total. The van der Waals surface area contributed by atoms with Gasteiger partial charge in [0, 0.05) is 19.1 Å². The number of carbonyl (C=O) groups is 2. The lowest BCUT2D eigenvalue weighted by molar-refractivity contribution is -0.138. The Kier molecular flexibility index (Phi) is 5.14. The summed E-state index contributed by atoms with van der Waals surface area (Å²) in [6.07, 6.45) is 1.94. The molecule has 0 unspecified atom stereocenters. The lowest BCUT2D eigenvalue weighted by atomic mass is 9.98. The average Bonchev–Trinajstić information content (AvgIpc) is 2.26. The molecule has 0 bridgehead atoms. The zero-order valence-corrected chi connectivity index (χ0v) is 11.9. The lowest BCUT2D eigenvalue weighted by Crippen LogP contribution is -2.48. The van der Waals surface area contributed by atoms with Crippen LogP contribution in [0.25, 0.3) is 0 Å². The number of hydrogen-bond acceptors (Lipinski definition) is 3. The van der Waals surface area contributed by atoms with Crippen LogP contribution in [0.3, 0.4) is 0 Å². The summed E-state index contributed by atoms with van der Waals surface area (Å²) in [5.41, 5.74) is -0.257. The number of nitrogens with one attached hydrogen (secondary N) is 2. The van der Waals surface area contributed by atoms with Crippen LogP contribution in [0.15, 0.2) is 0 Å². The summed E-state index contributed by atoms with van der Waals surface area (Å²) >= 11 is 0. The fourth-order valence-electron chi connectivity index (χ4n) is 2.13. The summed E-state index contributed by atoms with van der Waals surface area (Å²) in [5, 5.41) is 6.07. The van der Waals surface area contributed by atoms with Gasteiger partial charge in [0.2, 0.25) is 11.8 Å². The van der Waals surface area contributed by atoms with E-state index in [2.05, 4.69) is 10.6 Å². The van der Waals surface area contributed by atoms with Crippen LogP contribution in [-0.2, 0) is 9.59 Å². The lowest BCUT2D eigenvalue weighted by Gasteiger charge is -2.28. The maximum atomic E-state index is 12.1. The molecule has 0 aliphatic carbocycles. The standard InChI is InChI=1S/C13H25N3O2/c1-13(2,3)15-11(17)9-16(4)12(18)10-6-5-7-14-8-10/h10,14H,5-9H2,1-4H3,(H,15,17)/t10-/m1/s1. The highest BCUT2D eigenvalue weighted by molar-refractivity contribution is 5.86. The maximum Gasteiger partial charge on any atom is 0.240 e. The predicted octanol–water partition coefficient (Wildman–Crippen LogP) is 0.359. The van der Waals surface area contributed by atoms with Crippen LogP contribution in [0.5, 0.6) is 0 Å². The molecule has 104 valence electrons. The van der Waals surface area contributed by atoms with Crippen molar-refractivity contribution in [3.8, 4) is 0 Å². The van der Waals surface area contributed by atoms with Crippen molar-refractivity contribution in [2.45, 2.75) is 39.2 Å². The molecule has 0 spiro atoms. The van der Waals surface area contributed by atoms with E-state index in [9.17, 15) is 9.59 Å². The second kappa shape index (κ2) is 6.18. The van der Waals surface area contributed by atoms with Crippen molar-refractivity contribution >= 4 is 11.8 Å². The first-order valence-corrected chi connectivity index (χ1v) is 6.56. The molecule has 5 heteroatoms. The Hall–Kier alpha value is -1.10. The van der Waals surface area contributed by atoms with Gasteiger partial charge >= 0.3 is 0 Å². The molecule has 18 heavy (non-hydrogen) atoms. The van der Waals surface area contributed by atoms with Crippen LogP contribution >= 0.6 is 0 Å². The van der Waals surface area contributed by atoms with E-state index in [1.54, 1.807) is 7.05 Å². The second-order valence-corrected chi connectivity index (χ2v) is 6.04. The van der Waals surface area contributed by atoms with Crippen molar-refractivity contribution in [3.63, 3.8) is 0 Å². The molecule has 1 aliphatic heterocycles. The van der Waals surface area contributed by atoms with Gasteiger partial charge in [0.05, 0.1) is 12.5 Å². The number of carbonyl (C=O) groups excluding carboxylic acids is 2. The van der Waals surface area contributed by atoms with Crippen molar-refractivity contribution in [2.75, 3.05) is 26.7 Å². The molecule has 0 aromatic heterocycles. The summed E-state index contributed by atoms with van der Waals surface area (Å²) in [6.45, 7) is 7.63. The molecule has 2 amide bonds. The predicted molar refractivity (Wildman–Crippen MR) is 71.1 cm³/mol. The molecule has 0 aromatic carbocycles. The van der Waals surface area contributed by atoms with Crippen molar-refractivity contribution < 1.29 is 9.59 Å². The van der Waals surface area contributed by atoms with E-state index >= 15 is 0 Å². The average molecular weight is 255 g/mol. The minimum atomic E-state index is -0.257. The van der Waals surface area contributed by atoms with Crippen LogP contribution in [0, 0.1) is 5.92 Å². The van der Waals surface area contributed by atoms with Gasteiger partial charge in [-0.15, -0.1) is 0 Å². The molecule has 1 aliphatic rings. The molecule has 1 atom stereocenters. The van der Waals surface area contributed by atoms with Gasteiger partial charge < -0.3 is 15.5 Å². The minimum Gasteiger partial charge on any atom is -0.350 e. The Morgan fingerprint density at radius 1 is 1.39 bits per heavy atom. The number of rotatable bonds is 3. The minimum absolute atomic E-state index is 0.0196. The van der Waals surface area contributed by atoms with Gasteiger partial charge in [0.25, 0.3) is 0 Å². The topological polar surface area (TPSA) is 61.4 Å². The van der Waals surface area contributed by atoms with Crippen molar-refractivity contribution in [1.82, 2.24) is 15.5 Å². The molecule has 0 aromatic rings. The Balaban J connectivity index is 2.41. The maximum absolute atomic E-state index is 12.1. The number of piperidine rings is 1. The highest BCUT2D eigenvalue weighted by atomic mass is 16.2. The number of amides is 2. The summed E-state index contributed by atoms with van der Waals surface area (Å²) < 4.78 is 0. The van der Waals surface area contributed by atoms with E-state index in [1.807, 2.05) is 20.8 Å². The van der Waals surface area contributed by atoms with E-state index in [0.717, 1.165) is 25.9 Å². The Bertz CT molecular complexity index is 304. The summed E-state index contributed by atoms with van der Waals surface area (Å²) in [5.74, 6) is -0.0282. The van der Waals surface area contributed by atoms with Gasteiger partial charge in [0.15, 0.2) is 0 Å². The van der Waals surface area contributed by atoms with Gasteiger partial charge in [0.1, 0.15) is 0 Å². The molecular formula is C13H25N3O2. The van der Waals surface area contributed by atoms with E-state index < -0.39 is 0 Å². The third-order valence-electron chi connectivity index (χ3n) is 2.92. The number of nitrogens with zero attached hydrogens (tertiary/aromatic N) is 1. The fourth-order valence-corrected chi connectivity index (χ4v) is 2.13. The van der Waals surface area contributed by atoms with E-state index in [-0.39, 0.29) is 29.8 Å². The zero-order chi connectivity index (χ0) is 13.8. The third-order valence-corrected chi connectivity index (χ3v) is 2.92. The fraction of sp³-hybridized carbons (Fsp3) is 0.846. The van der Waals surface area contributed by atoms with Crippen LogP contribution in [0.2, 0.25) is 0 Å². The first-order valence-electron chi connectivity index (χ1n) is 6.56. The van der Waals surface area contributed by atoms with Gasteiger partial charge in [-0.1, -0.05) is 0 Å². The summed E-state index contributed by atoms with van der Waals surface area (Å²) in [7, 11) is 1.69. The van der Waals surface area contributed by atoms with Crippen molar-refractivity contribution in [2.24, 2.45) is 5.92 Å². The Morgan fingerprint density at radius 2 is 2.06 bits per heavy atom. The quantitative estimate of drug-likeness (QED) is 0.765. The van der Waals surface area contributed by atoms with Crippen LogP contribution in [0.1, 0.15) is 33.6 Å². The summed E-state index contributed by atoms with van der Waals surface area (Å²) in [6, 6.07) is 0. The first kappa shape index (κ1) is 15.0. The smallest absolute Gasteiger partial charge is 0.240 e. The zero-order valence-electron chi connectivity index (χ0n) is 11.9. The number of hydrogen-bond donors (Lipinski definition) is 2. The van der Waals surface area contributed by atoms with E-state index in [1.165, 1.54) is 4.90 Å². The molecule has 1 heterocycles. The molecular weight excluding hydrogens is 230 g/mol. The molecule has 5 nitrogen and oxygen atoms in total. The van der Waals surface area contributed by atoms with Crippen LogP contribution < -0.4 is 10.6 Å². The van der Waals surface area contributed by atoms with E-state index in [0.29, 0.717) is 0 Å². The van der Waals surface area contributed by atoms with Gasteiger partial charge in [-0.2, -0.15) is 0 Å². The van der Waals surface area contributed by atoms with Gasteiger partial charge in [-0.05, 0) is 40.2 Å². The Morgan fingerprint density at radius 3 is 2.56 bits per heavy atom. The summed E-state index contributed by atoms with van der Waals surface area (Å²) in [4.78, 5) is 25.4. The third kappa shape index (κ3) is 5.04. The van der Waals surface area contributed by atoms with Gasteiger partial charge in [-0.3, -0.25) is 9.59 Å². The normalized spacial score (nSPS) is 20.3. The molecule has 1 rings (SSSR count). The first-order chi connectivity index (χ1) is 8.29. The highest BCUT2D eigenvalue weighted by Crippen LogP contribution is 2.12. The molecule has 0 saturated carbocycles. The van der Waals surface area contributed by atoms with Crippen molar-refractivity contribution in [3.05, 3.63) is 0 Å². The SMILES string of the molecule is CN(CC(=O)NC(C)(C)C)C(=O)[C@@H]1CCCNC1. The Labute approximate surface area is 109 Å². The van der Waals surface area contributed by atoms with Crippen LogP contribution in [-0.4, -0.2) is 48.9 Å². The number of likely N-dealkylation sites (N-methyl/N-ethyl adjacent to an activating group) is 1. The van der Waals surface area contributed by atoms with Crippen LogP contribution in [0.4, 0.5) is 0 Å². The largest absolute Gasteiger partial charge is 0.350 e. The van der Waals surface area contributed by atoms with E-state index in [4.69, 9.17) is 0 Å². The molecule has 0 radical (unpaired) electrons. The van der Waals surface area contributed by atoms with Gasteiger partial charge in [-0.25, -0.2) is 0 Å². The monoisotopic (exact) mass is 255 g/mol. The molecule has 1 fully saturated rings. The van der Waals surface area contributed by atoms with Crippen molar-refractivity contribution in [1.29, 1.82) is 0 Å². The molecule has 1 saturated heterocycles. The highest BCUT2D eigenvalue weighted by Gasteiger charge is 2.25. The second-order valence-electron chi connectivity index (χ2n) is 6.04.